The van der Waals surface area contributed by atoms with Crippen LogP contribution in [0.5, 0.6) is 0 Å². The lowest BCUT2D eigenvalue weighted by Gasteiger charge is -2.17. The minimum Gasteiger partial charge on any atom is -0.466 e. The van der Waals surface area contributed by atoms with Gasteiger partial charge in [-0.1, -0.05) is 30.3 Å². The van der Waals surface area contributed by atoms with E-state index in [0.29, 0.717) is 11.1 Å². The lowest BCUT2D eigenvalue weighted by atomic mass is 9.97. The molecule has 1 unspecified atom stereocenters. The number of fused-ring (bicyclic) bond motifs is 1. The van der Waals surface area contributed by atoms with E-state index in [1.807, 2.05) is 18.2 Å². The van der Waals surface area contributed by atoms with E-state index in [2.05, 4.69) is 21.4 Å². The number of hydrazine groups is 1. The highest BCUT2D eigenvalue weighted by atomic mass is 79.9. The second kappa shape index (κ2) is 5.36. The Hall–Kier alpha value is -1.69. The van der Waals surface area contributed by atoms with Gasteiger partial charge in [0.05, 0.1) is 10.7 Å². The zero-order valence-electron chi connectivity index (χ0n) is 10.4. The Bertz CT molecular complexity index is 756. The van der Waals surface area contributed by atoms with Gasteiger partial charge in [0.2, 0.25) is 0 Å². The predicted octanol–water partition coefficient (Wildman–Crippen LogP) is 3.89. The fourth-order valence-electron chi connectivity index (χ4n) is 2.36. The minimum absolute atomic E-state index is 0.251. The van der Waals surface area contributed by atoms with Crippen LogP contribution in [0.4, 0.5) is 4.39 Å². The number of hydrogen-bond donors (Lipinski definition) is 2. The molecule has 1 aromatic heterocycles. The van der Waals surface area contributed by atoms with Gasteiger partial charge < -0.3 is 4.42 Å². The molecule has 1 heterocycles. The summed E-state index contributed by atoms with van der Waals surface area (Å²) in [6, 6.07) is 11.9. The van der Waals surface area contributed by atoms with Crippen LogP contribution >= 0.6 is 15.9 Å². The molecule has 5 heteroatoms. The second-order valence-corrected chi connectivity index (χ2v) is 5.27. The quantitative estimate of drug-likeness (QED) is 0.564. The van der Waals surface area contributed by atoms with E-state index in [1.165, 1.54) is 6.07 Å². The van der Waals surface area contributed by atoms with Crippen LogP contribution in [0.2, 0.25) is 0 Å². The summed E-state index contributed by atoms with van der Waals surface area (Å²) in [5.74, 6) is 6.07. The summed E-state index contributed by atoms with van der Waals surface area (Å²) in [4.78, 5) is 0. The van der Waals surface area contributed by atoms with E-state index in [-0.39, 0.29) is 11.9 Å². The van der Waals surface area contributed by atoms with Gasteiger partial charge in [0.1, 0.15) is 17.6 Å². The molecule has 0 aliphatic rings. The van der Waals surface area contributed by atoms with Crippen molar-refractivity contribution >= 4 is 26.7 Å². The van der Waals surface area contributed by atoms with Crippen molar-refractivity contribution in [1.29, 1.82) is 0 Å². The number of hydrogen-bond acceptors (Lipinski definition) is 3. The number of nitrogens with two attached hydrogens (primary N) is 1. The Morgan fingerprint density at radius 3 is 2.50 bits per heavy atom. The molecule has 0 aliphatic carbocycles. The molecule has 0 saturated carbocycles. The van der Waals surface area contributed by atoms with Crippen molar-refractivity contribution in [2.45, 2.75) is 6.04 Å². The van der Waals surface area contributed by atoms with Crippen molar-refractivity contribution in [3.8, 4) is 0 Å². The van der Waals surface area contributed by atoms with Gasteiger partial charge in [0, 0.05) is 5.39 Å². The van der Waals surface area contributed by atoms with Crippen LogP contribution in [0.15, 0.2) is 57.6 Å². The Kier molecular flexibility index (Phi) is 3.56. The summed E-state index contributed by atoms with van der Waals surface area (Å²) in [5.41, 5.74) is 3.59. The molecule has 2 aromatic carbocycles. The summed E-state index contributed by atoms with van der Waals surface area (Å²) in [6.07, 6.45) is 1.58. The van der Waals surface area contributed by atoms with Crippen LogP contribution < -0.4 is 11.3 Å². The summed E-state index contributed by atoms with van der Waals surface area (Å²) in [6.45, 7) is 0. The molecule has 0 fully saturated rings. The smallest absolute Gasteiger partial charge is 0.140 e. The van der Waals surface area contributed by atoms with E-state index in [0.717, 1.165) is 15.4 Å². The average molecular weight is 335 g/mol. The predicted molar refractivity (Wildman–Crippen MR) is 79.5 cm³/mol. The first-order valence-corrected chi connectivity index (χ1v) is 6.88. The number of rotatable bonds is 3. The third-order valence-corrected chi connectivity index (χ3v) is 3.94. The molecule has 3 rings (SSSR count). The molecule has 0 bridgehead atoms. The maximum absolute atomic E-state index is 13.9. The van der Waals surface area contributed by atoms with Crippen molar-refractivity contribution in [2.24, 2.45) is 5.84 Å². The molecule has 0 aliphatic heterocycles. The molecule has 3 aromatic rings. The Labute approximate surface area is 123 Å². The van der Waals surface area contributed by atoms with Crippen molar-refractivity contribution in [2.75, 3.05) is 0 Å². The van der Waals surface area contributed by atoms with Crippen molar-refractivity contribution in [1.82, 2.24) is 5.43 Å². The minimum atomic E-state index is -0.357. The summed E-state index contributed by atoms with van der Waals surface area (Å²) < 4.78 is 20.2. The Morgan fingerprint density at radius 1 is 1.10 bits per heavy atom. The second-order valence-electron chi connectivity index (χ2n) is 4.41. The first kappa shape index (κ1) is 13.3. The van der Waals surface area contributed by atoms with E-state index in [1.54, 1.807) is 24.5 Å². The molecule has 20 heavy (non-hydrogen) atoms. The fourth-order valence-corrected chi connectivity index (χ4v) is 2.79. The van der Waals surface area contributed by atoms with E-state index in [9.17, 15) is 4.39 Å². The summed E-state index contributed by atoms with van der Waals surface area (Å²) >= 11 is 3.42. The summed E-state index contributed by atoms with van der Waals surface area (Å²) in [5, 5.41) is 1.37. The molecular formula is C15H12BrFN2O. The third-order valence-electron chi connectivity index (χ3n) is 3.29. The van der Waals surface area contributed by atoms with Crippen molar-refractivity contribution in [3.63, 3.8) is 0 Å². The molecule has 0 amide bonds. The maximum Gasteiger partial charge on any atom is 0.140 e. The van der Waals surface area contributed by atoms with Gasteiger partial charge >= 0.3 is 0 Å². The van der Waals surface area contributed by atoms with Crippen LogP contribution in [0, 0.1) is 5.82 Å². The maximum atomic E-state index is 13.9. The molecule has 102 valence electrons. The molecule has 3 nitrogen and oxygen atoms in total. The van der Waals surface area contributed by atoms with Gasteiger partial charge in [-0.05, 0) is 39.0 Å². The Balaban J connectivity index is 2.23. The topological polar surface area (TPSA) is 51.2 Å². The lowest BCUT2D eigenvalue weighted by molar-refractivity contribution is 0.451. The normalized spacial score (nSPS) is 12.8. The molecule has 0 spiro atoms. The molecule has 0 saturated heterocycles. The summed E-state index contributed by atoms with van der Waals surface area (Å²) in [7, 11) is 0. The highest BCUT2D eigenvalue weighted by Gasteiger charge is 2.21. The van der Waals surface area contributed by atoms with Crippen LogP contribution in [0.3, 0.4) is 0 Å². The van der Waals surface area contributed by atoms with E-state index < -0.39 is 0 Å². The van der Waals surface area contributed by atoms with E-state index >= 15 is 0 Å². The van der Waals surface area contributed by atoms with Gasteiger partial charge in [0.25, 0.3) is 0 Å². The number of nitrogens with one attached hydrogen (secondary N) is 1. The van der Waals surface area contributed by atoms with Gasteiger partial charge in [-0.25, -0.2) is 9.82 Å². The zero-order valence-corrected chi connectivity index (χ0v) is 12.0. The van der Waals surface area contributed by atoms with Gasteiger partial charge in [-0.15, -0.1) is 0 Å². The monoisotopic (exact) mass is 334 g/mol. The van der Waals surface area contributed by atoms with Crippen molar-refractivity contribution < 1.29 is 8.81 Å². The molecule has 0 radical (unpaired) electrons. The zero-order chi connectivity index (χ0) is 14.1. The highest BCUT2D eigenvalue weighted by molar-refractivity contribution is 9.10. The first-order chi connectivity index (χ1) is 9.72. The van der Waals surface area contributed by atoms with Crippen molar-refractivity contribution in [3.05, 3.63) is 70.3 Å². The average Bonchev–Trinajstić information content (AvgIpc) is 2.89. The van der Waals surface area contributed by atoms with Crippen LogP contribution in [0.25, 0.3) is 10.8 Å². The molecular weight excluding hydrogens is 323 g/mol. The number of furan rings is 1. The van der Waals surface area contributed by atoms with Crippen LogP contribution in [-0.2, 0) is 0 Å². The van der Waals surface area contributed by atoms with Crippen LogP contribution in [0.1, 0.15) is 17.4 Å². The number of halogens is 2. The van der Waals surface area contributed by atoms with Gasteiger partial charge in [0.15, 0.2) is 0 Å². The van der Waals surface area contributed by atoms with Gasteiger partial charge in [-0.3, -0.25) is 5.84 Å². The number of benzene rings is 2. The van der Waals surface area contributed by atoms with Gasteiger partial charge in [-0.2, -0.15) is 0 Å². The molecule has 1 atom stereocenters. The highest BCUT2D eigenvalue weighted by Crippen LogP contribution is 2.33. The SMILES string of the molecule is NNC(c1occc1Br)c1ccc(F)c2ccccc12. The third kappa shape index (κ3) is 2.14. The van der Waals surface area contributed by atoms with Crippen LogP contribution in [-0.4, -0.2) is 0 Å². The Morgan fingerprint density at radius 2 is 1.85 bits per heavy atom. The fraction of sp³-hybridized carbons (Fsp3) is 0.0667. The standard InChI is InChI=1S/C15H12BrFN2O/c16-12-7-8-20-15(12)14(19-18)11-5-6-13(17)10-4-2-1-3-9(10)11/h1-8,14,19H,18H2. The lowest BCUT2D eigenvalue weighted by Crippen LogP contribution is -2.29. The van der Waals surface area contributed by atoms with E-state index in [4.69, 9.17) is 10.3 Å². The largest absolute Gasteiger partial charge is 0.466 e. The first-order valence-electron chi connectivity index (χ1n) is 6.08. The molecule has 3 N–H and O–H groups in total.